The number of hydrogen-bond donors (Lipinski definition) is 2. The lowest BCUT2D eigenvalue weighted by atomic mass is 10.2. The van der Waals surface area contributed by atoms with E-state index >= 15 is 0 Å². The van der Waals surface area contributed by atoms with Crippen LogP contribution in [-0.2, 0) is 0 Å². The molecule has 0 aliphatic heterocycles. The van der Waals surface area contributed by atoms with E-state index in [1.54, 1.807) is 18.0 Å². The van der Waals surface area contributed by atoms with Crippen molar-refractivity contribution in [1.29, 1.82) is 0 Å². The zero-order valence-electron chi connectivity index (χ0n) is 17.6. The highest BCUT2D eigenvalue weighted by molar-refractivity contribution is 7.98. The second kappa shape index (κ2) is 10.1. The number of ether oxygens (including phenoxy) is 1. The standard InChI is InChI=1S/C22H17F3N6OS2/c1-34-19-11-6-16(12-26-19)29-21(33)28-15-4-2-14(3-5-15)20-27-13-31(30-20)17-7-9-18(10-8-17)32-22(23,24)25/h2-13H,1H3,(H2,28,29,33). The van der Waals surface area contributed by atoms with Gasteiger partial charge in [-0.3, -0.25) is 0 Å². The monoisotopic (exact) mass is 502 g/mol. The van der Waals surface area contributed by atoms with E-state index in [1.807, 2.05) is 42.7 Å². The molecule has 7 nitrogen and oxygen atoms in total. The molecule has 0 aliphatic rings. The Kier molecular flexibility index (Phi) is 6.98. The Balaban J connectivity index is 1.38. The summed E-state index contributed by atoms with van der Waals surface area (Å²) in [6, 6.07) is 16.5. The molecule has 0 atom stereocenters. The second-order valence-corrected chi connectivity index (χ2v) is 8.03. The maximum absolute atomic E-state index is 12.3. The molecule has 0 aliphatic carbocycles. The first-order valence-corrected chi connectivity index (χ1v) is 11.4. The van der Waals surface area contributed by atoms with Gasteiger partial charge in [-0.1, -0.05) is 0 Å². The van der Waals surface area contributed by atoms with Gasteiger partial charge in [-0.25, -0.2) is 14.6 Å². The third-order valence-electron chi connectivity index (χ3n) is 4.43. The zero-order valence-corrected chi connectivity index (χ0v) is 19.2. The van der Waals surface area contributed by atoms with Crippen LogP contribution in [-0.4, -0.2) is 37.5 Å². The number of thiocarbonyl (C=S) groups is 1. The molecular formula is C22H17F3N6OS2. The van der Waals surface area contributed by atoms with Gasteiger partial charge in [0.05, 0.1) is 22.6 Å². The number of aromatic nitrogens is 4. The minimum absolute atomic E-state index is 0.305. The SMILES string of the molecule is CSc1ccc(NC(=S)Nc2ccc(-c3ncn(-c4ccc(OC(F)(F)F)cc4)n3)cc2)cn1. The summed E-state index contributed by atoms with van der Waals surface area (Å²) in [6.45, 7) is 0. The summed E-state index contributed by atoms with van der Waals surface area (Å²) >= 11 is 6.91. The number of rotatable bonds is 6. The highest BCUT2D eigenvalue weighted by Crippen LogP contribution is 2.24. The lowest BCUT2D eigenvalue weighted by Gasteiger charge is -2.10. The molecule has 2 aromatic heterocycles. The molecule has 12 heteroatoms. The molecule has 34 heavy (non-hydrogen) atoms. The smallest absolute Gasteiger partial charge is 0.406 e. The van der Waals surface area contributed by atoms with E-state index in [1.165, 1.54) is 35.3 Å². The number of alkyl halides is 3. The minimum atomic E-state index is -4.74. The fourth-order valence-electron chi connectivity index (χ4n) is 2.89. The summed E-state index contributed by atoms with van der Waals surface area (Å²) in [5.41, 5.74) is 2.86. The third-order valence-corrected chi connectivity index (χ3v) is 5.29. The molecule has 0 spiro atoms. The summed E-state index contributed by atoms with van der Waals surface area (Å²) < 4.78 is 42.3. The Morgan fingerprint density at radius 3 is 2.24 bits per heavy atom. The minimum Gasteiger partial charge on any atom is -0.406 e. The molecule has 0 saturated carbocycles. The van der Waals surface area contributed by atoms with E-state index in [-0.39, 0.29) is 5.75 Å². The molecule has 0 radical (unpaired) electrons. The number of halogens is 3. The third kappa shape index (κ3) is 6.23. The predicted octanol–water partition coefficient (Wildman–Crippen LogP) is 5.76. The zero-order chi connectivity index (χ0) is 24.1. The van der Waals surface area contributed by atoms with Crippen molar-refractivity contribution in [3.63, 3.8) is 0 Å². The van der Waals surface area contributed by atoms with Crippen molar-refractivity contribution in [3.8, 4) is 22.8 Å². The van der Waals surface area contributed by atoms with Crippen LogP contribution in [0.2, 0.25) is 0 Å². The van der Waals surface area contributed by atoms with E-state index in [2.05, 4.69) is 30.4 Å². The Morgan fingerprint density at radius 2 is 1.62 bits per heavy atom. The van der Waals surface area contributed by atoms with Crippen molar-refractivity contribution in [3.05, 3.63) is 73.2 Å². The maximum atomic E-state index is 12.3. The molecule has 0 fully saturated rings. The van der Waals surface area contributed by atoms with Crippen molar-refractivity contribution in [2.45, 2.75) is 11.4 Å². The van der Waals surface area contributed by atoms with Crippen molar-refractivity contribution in [2.75, 3.05) is 16.9 Å². The van der Waals surface area contributed by atoms with Crippen molar-refractivity contribution in [1.82, 2.24) is 19.7 Å². The fraction of sp³-hybridized carbons (Fsp3) is 0.0909. The summed E-state index contributed by atoms with van der Waals surface area (Å²) in [4.78, 5) is 8.57. The summed E-state index contributed by atoms with van der Waals surface area (Å²) in [7, 11) is 0. The number of anilines is 2. The number of nitrogens with one attached hydrogen (secondary N) is 2. The average Bonchev–Trinajstić information content (AvgIpc) is 3.30. The Hall–Kier alpha value is -3.64. The van der Waals surface area contributed by atoms with E-state index in [0.717, 1.165) is 22.0 Å². The summed E-state index contributed by atoms with van der Waals surface area (Å²) in [6.07, 6.45) is 0.414. The van der Waals surface area contributed by atoms with Gasteiger partial charge in [0.2, 0.25) is 0 Å². The van der Waals surface area contributed by atoms with Gasteiger partial charge in [0.1, 0.15) is 12.1 Å². The molecule has 4 rings (SSSR count). The topological polar surface area (TPSA) is 76.9 Å². The molecule has 0 saturated heterocycles. The van der Waals surface area contributed by atoms with E-state index in [4.69, 9.17) is 12.2 Å². The number of nitrogens with zero attached hydrogens (tertiary/aromatic N) is 4. The van der Waals surface area contributed by atoms with Crippen LogP contribution in [0.1, 0.15) is 0 Å². The van der Waals surface area contributed by atoms with E-state index in [0.29, 0.717) is 16.6 Å². The highest BCUT2D eigenvalue weighted by atomic mass is 32.2. The molecule has 0 bridgehead atoms. The van der Waals surface area contributed by atoms with Gasteiger partial charge in [-0.2, -0.15) is 0 Å². The molecule has 2 heterocycles. The lowest BCUT2D eigenvalue weighted by Crippen LogP contribution is -2.19. The molecular weight excluding hydrogens is 485 g/mol. The van der Waals surface area contributed by atoms with Crippen LogP contribution < -0.4 is 15.4 Å². The highest BCUT2D eigenvalue weighted by Gasteiger charge is 2.31. The molecule has 4 aromatic rings. The molecule has 2 aromatic carbocycles. The number of benzene rings is 2. The number of thioether (sulfide) groups is 1. The average molecular weight is 503 g/mol. The summed E-state index contributed by atoms with van der Waals surface area (Å²) in [5, 5.41) is 11.9. The van der Waals surface area contributed by atoms with Crippen molar-refractivity contribution >= 4 is 40.5 Å². The Morgan fingerprint density at radius 1 is 0.941 bits per heavy atom. The Bertz CT molecular complexity index is 1260. The molecule has 174 valence electrons. The van der Waals surface area contributed by atoms with Gasteiger partial charge in [0.15, 0.2) is 10.9 Å². The van der Waals surface area contributed by atoms with Gasteiger partial charge >= 0.3 is 6.36 Å². The quantitative estimate of drug-likeness (QED) is 0.255. The molecule has 0 unspecified atom stereocenters. The predicted molar refractivity (Wildman–Crippen MR) is 129 cm³/mol. The largest absolute Gasteiger partial charge is 0.573 e. The Labute approximate surface area is 202 Å². The van der Waals surface area contributed by atoms with Crippen LogP contribution in [0.3, 0.4) is 0 Å². The molecule has 0 amide bonds. The second-order valence-electron chi connectivity index (χ2n) is 6.80. The van der Waals surface area contributed by atoms with E-state index in [9.17, 15) is 13.2 Å². The first kappa shape index (κ1) is 23.5. The van der Waals surface area contributed by atoms with Crippen LogP contribution in [0.4, 0.5) is 24.5 Å². The summed E-state index contributed by atoms with van der Waals surface area (Å²) in [5.74, 6) is 0.156. The van der Waals surface area contributed by atoms with Crippen molar-refractivity contribution in [2.24, 2.45) is 0 Å². The van der Waals surface area contributed by atoms with E-state index < -0.39 is 6.36 Å². The van der Waals surface area contributed by atoms with Crippen LogP contribution in [0.25, 0.3) is 17.1 Å². The lowest BCUT2D eigenvalue weighted by molar-refractivity contribution is -0.274. The van der Waals surface area contributed by atoms with Crippen LogP contribution in [0, 0.1) is 0 Å². The van der Waals surface area contributed by atoms with Gasteiger partial charge in [0, 0.05) is 11.3 Å². The van der Waals surface area contributed by atoms with Crippen LogP contribution in [0.5, 0.6) is 5.75 Å². The van der Waals surface area contributed by atoms with Crippen LogP contribution in [0.15, 0.2) is 78.2 Å². The van der Waals surface area contributed by atoms with Crippen molar-refractivity contribution < 1.29 is 17.9 Å². The number of pyridine rings is 1. The first-order chi connectivity index (χ1) is 16.3. The van der Waals surface area contributed by atoms with Crippen LogP contribution >= 0.6 is 24.0 Å². The van der Waals surface area contributed by atoms with Gasteiger partial charge < -0.3 is 15.4 Å². The fourth-order valence-corrected chi connectivity index (χ4v) is 3.49. The van der Waals surface area contributed by atoms with Gasteiger partial charge in [0.25, 0.3) is 0 Å². The maximum Gasteiger partial charge on any atom is 0.573 e. The normalized spacial score (nSPS) is 11.2. The van der Waals surface area contributed by atoms with Gasteiger partial charge in [-0.05, 0) is 79.1 Å². The number of hydrogen-bond acceptors (Lipinski definition) is 6. The molecule has 2 N–H and O–H groups in total. The first-order valence-electron chi connectivity index (χ1n) is 9.75. The van der Waals surface area contributed by atoms with Gasteiger partial charge in [-0.15, -0.1) is 30.0 Å².